The summed E-state index contributed by atoms with van der Waals surface area (Å²) in [5, 5.41) is 8.68. The fourth-order valence-corrected chi connectivity index (χ4v) is 1.48. The molecule has 1 heterocycles. The van der Waals surface area contributed by atoms with E-state index in [0.29, 0.717) is 17.5 Å². The normalized spacial score (nSPS) is 14.1. The Morgan fingerprint density at radius 3 is 3.00 bits per heavy atom. The average Bonchev–Trinajstić information content (AvgIpc) is 2.48. The molecule has 2 rings (SSSR count). The van der Waals surface area contributed by atoms with Crippen molar-refractivity contribution in [1.82, 2.24) is 4.98 Å². The second-order valence-electron chi connectivity index (χ2n) is 2.76. The maximum absolute atomic E-state index is 11.3. The molecule has 0 saturated carbocycles. The van der Waals surface area contributed by atoms with Crippen LogP contribution in [0.5, 0.6) is 0 Å². The molecule has 0 spiro atoms. The molecule has 1 aliphatic carbocycles. The Kier molecular flexibility index (Phi) is 1.41. The van der Waals surface area contributed by atoms with E-state index in [1.807, 2.05) is 6.07 Å². The molecule has 3 heteroatoms. The van der Waals surface area contributed by atoms with Crippen molar-refractivity contribution in [2.45, 2.75) is 12.8 Å². The summed E-state index contributed by atoms with van der Waals surface area (Å²) in [6.45, 7) is 0. The maximum atomic E-state index is 11.3. The number of fused-ring (bicyclic) bond motifs is 1. The molecule has 0 bridgehead atoms. The number of pyridine rings is 1. The van der Waals surface area contributed by atoms with Crippen LogP contribution in [0, 0.1) is 11.3 Å². The highest BCUT2D eigenvalue weighted by molar-refractivity contribution is 6.02. The number of nitrogens with zero attached hydrogens (tertiary/aromatic N) is 2. The zero-order valence-electron chi connectivity index (χ0n) is 6.37. The lowest BCUT2D eigenvalue weighted by atomic mass is 10.1. The number of hydrogen-bond donors (Lipinski definition) is 0. The van der Waals surface area contributed by atoms with Gasteiger partial charge in [0.05, 0.1) is 5.56 Å². The molecule has 3 nitrogen and oxygen atoms in total. The highest BCUT2D eigenvalue weighted by Gasteiger charge is 2.22. The molecule has 1 aromatic rings. The van der Waals surface area contributed by atoms with Crippen molar-refractivity contribution < 1.29 is 4.79 Å². The van der Waals surface area contributed by atoms with Crippen LogP contribution < -0.4 is 0 Å². The molecule has 0 atom stereocenters. The Morgan fingerprint density at radius 2 is 2.25 bits per heavy atom. The van der Waals surface area contributed by atoms with E-state index in [-0.39, 0.29) is 5.78 Å². The summed E-state index contributed by atoms with van der Waals surface area (Å²) in [4.78, 5) is 15.2. The second kappa shape index (κ2) is 2.42. The van der Waals surface area contributed by atoms with Crippen LogP contribution >= 0.6 is 0 Å². The second-order valence-corrected chi connectivity index (χ2v) is 2.76. The van der Waals surface area contributed by atoms with Crippen LogP contribution in [0.4, 0.5) is 0 Å². The lowest BCUT2D eigenvalue weighted by Gasteiger charge is -1.96. The molecule has 1 aromatic heterocycles. The highest BCUT2D eigenvalue weighted by Crippen LogP contribution is 2.23. The van der Waals surface area contributed by atoms with Crippen molar-refractivity contribution in [2.75, 3.05) is 0 Å². The summed E-state index contributed by atoms with van der Waals surface area (Å²) in [5.74, 6) is 0.0731. The van der Waals surface area contributed by atoms with E-state index in [1.54, 1.807) is 6.20 Å². The molecular formula is C9H6N2O. The first kappa shape index (κ1) is 6.99. The van der Waals surface area contributed by atoms with E-state index in [0.717, 1.165) is 12.0 Å². The number of aryl methyl sites for hydroxylation is 1. The molecule has 0 radical (unpaired) electrons. The minimum absolute atomic E-state index is 0.0731. The number of nitriles is 1. The van der Waals surface area contributed by atoms with Gasteiger partial charge in [0.25, 0.3) is 0 Å². The molecular weight excluding hydrogens is 152 g/mol. The van der Waals surface area contributed by atoms with E-state index in [1.165, 1.54) is 6.20 Å². The number of rotatable bonds is 0. The smallest absolute Gasteiger partial charge is 0.164 e. The first-order valence-corrected chi connectivity index (χ1v) is 3.73. The van der Waals surface area contributed by atoms with Crippen molar-refractivity contribution in [2.24, 2.45) is 0 Å². The Hall–Kier alpha value is -1.69. The monoisotopic (exact) mass is 158 g/mol. The lowest BCUT2D eigenvalue weighted by molar-refractivity contribution is 0.0994. The van der Waals surface area contributed by atoms with Gasteiger partial charge >= 0.3 is 0 Å². The third kappa shape index (κ3) is 0.817. The van der Waals surface area contributed by atoms with Crippen LogP contribution in [0.15, 0.2) is 12.4 Å². The number of carbonyl (C=O) groups excluding carboxylic acids is 1. The van der Waals surface area contributed by atoms with Crippen molar-refractivity contribution in [3.8, 4) is 6.07 Å². The maximum Gasteiger partial charge on any atom is 0.164 e. The Balaban J connectivity index is 2.70. The van der Waals surface area contributed by atoms with Gasteiger partial charge in [0.15, 0.2) is 5.78 Å². The Morgan fingerprint density at radius 1 is 1.42 bits per heavy atom. The largest absolute Gasteiger partial charge is 0.294 e. The molecule has 0 fully saturated rings. The number of ketones is 1. The van der Waals surface area contributed by atoms with Gasteiger partial charge in [-0.2, -0.15) is 5.26 Å². The SMILES string of the molecule is N#Cc1cncc2c1C(=O)CC2. The molecule has 0 unspecified atom stereocenters. The van der Waals surface area contributed by atoms with Crippen LogP contribution in [0.25, 0.3) is 0 Å². The minimum atomic E-state index is 0.0731. The van der Waals surface area contributed by atoms with Gasteiger partial charge in [0, 0.05) is 24.4 Å². The quantitative estimate of drug-likeness (QED) is 0.567. The number of aromatic nitrogens is 1. The molecule has 0 aromatic carbocycles. The fraction of sp³-hybridized carbons (Fsp3) is 0.222. The zero-order valence-corrected chi connectivity index (χ0v) is 6.37. The van der Waals surface area contributed by atoms with Crippen LogP contribution in [-0.2, 0) is 6.42 Å². The van der Waals surface area contributed by atoms with Gasteiger partial charge in [-0.3, -0.25) is 9.78 Å². The predicted octanol–water partition coefficient (Wildman–Crippen LogP) is 1.08. The van der Waals surface area contributed by atoms with Gasteiger partial charge in [-0.25, -0.2) is 0 Å². The van der Waals surface area contributed by atoms with Crippen LogP contribution in [0.3, 0.4) is 0 Å². The Bertz CT molecular complexity index is 390. The van der Waals surface area contributed by atoms with Gasteiger partial charge in [-0.05, 0) is 12.0 Å². The van der Waals surface area contributed by atoms with Crippen LogP contribution in [0.1, 0.15) is 27.9 Å². The average molecular weight is 158 g/mol. The molecule has 12 heavy (non-hydrogen) atoms. The molecule has 0 aliphatic heterocycles. The summed E-state index contributed by atoms with van der Waals surface area (Å²) >= 11 is 0. The van der Waals surface area contributed by atoms with Crippen LogP contribution in [0.2, 0.25) is 0 Å². The van der Waals surface area contributed by atoms with E-state index >= 15 is 0 Å². The zero-order chi connectivity index (χ0) is 8.55. The van der Waals surface area contributed by atoms with Crippen molar-refractivity contribution in [3.05, 3.63) is 29.1 Å². The Labute approximate surface area is 69.7 Å². The highest BCUT2D eigenvalue weighted by atomic mass is 16.1. The van der Waals surface area contributed by atoms with E-state index in [9.17, 15) is 4.79 Å². The van der Waals surface area contributed by atoms with E-state index in [2.05, 4.69) is 4.98 Å². The lowest BCUT2D eigenvalue weighted by Crippen LogP contribution is -1.96. The van der Waals surface area contributed by atoms with E-state index < -0.39 is 0 Å². The number of carbonyl (C=O) groups is 1. The molecule has 0 saturated heterocycles. The number of Topliss-reactive ketones (excluding diaryl/α,β-unsaturated/α-hetero) is 1. The van der Waals surface area contributed by atoms with Gasteiger partial charge in [0.1, 0.15) is 6.07 Å². The summed E-state index contributed by atoms with van der Waals surface area (Å²) in [7, 11) is 0. The first-order chi connectivity index (χ1) is 5.83. The summed E-state index contributed by atoms with van der Waals surface area (Å²) < 4.78 is 0. The standard InChI is InChI=1S/C9H6N2O/c10-3-7-5-11-4-6-1-2-8(12)9(6)7/h4-5H,1-2H2. The first-order valence-electron chi connectivity index (χ1n) is 3.73. The predicted molar refractivity (Wildman–Crippen MR) is 41.6 cm³/mol. The van der Waals surface area contributed by atoms with Crippen molar-refractivity contribution in [1.29, 1.82) is 5.26 Å². The van der Waals surface area contributed by atoms with Gasteiger partial charge < -0.3 is 0 Å². The number of hydrogen-bond acceptors (Lipinski definition) is 3. The summed E-state index contributed by atoms with van der Waals surface area (Å²) in [5.41, 5.74) is 1.92. The topological polar surface area (TPSA) is 53.8 Å². The summed E-state index contributed by atoms with van der Waals surface area (Å²) in [6.07, 6.45) is 4.37. The van der Waals surface area contributed by atoms with Crippen molar-refractivity contribution in [3.63, 3.8) is 0 Å². The molecule has 0 amide bonds. The van der Waals surface area contributed by atoms with Crippen molar-refractivity contribution >= 4 is 5.78 Å². The van der Waals surface area contributed by atoms with Gasteiger partial charge in [-0.1, -0.05) is 0 Å². The minimum Gasteiger partial charge on any atom is -0.294 e. The van der Waals surface area contributed by atoms with E-state index in [4.69, 9.17) is 5.26 Å². The van der Waals surface area contributed by atoms with Gasteiger partial charge in [0.2, 0.25) is 0 Å². The van der Waals surface area contributed by atoms with Gasteiger partial charge in [-0.15, -0.1) is 0 Å². The van der Waals surface area contributed by atoms with Crippen LogP contribution in [-0.4, -0.2) is 10.8 Å². The third-order valence-electron chi connectivity index (χ3n) is 2.05. The fourth-order valence-electron chi connectivity index (χ4n) is 1.48. The summed E-state index contributed by atoms with van der Waals surface area (Å²) in [6, 6.07) is 1.97. The molecule has 58 valence electrons. The molecule has 1 aliphatic rings. The molecule has 0 N–H and O–H groups in total. The third-order valence-corrected chi connectivity index (χ3v) is 2.05.